The summed E-state index contributed by atoms with van der Waals surface area (Å²) < 4.78 is 0. The number of unbranched alkanes of at least 4 members (excludes halogenated alkanes) is 10. The molecule has 0 atom stereocenters. The first-order chi connectivity index (χ1) is 9.41. The van der Waals surface area contributed by atoms with Gasteiger partial charge in [-0.3, -0.25) is 0 Å². The topological polar surface area (TPSA) is 12.0 Å². The third kappa shape index (κ3) is 23.8. The highest BCUT2D eigenvalue weighted by atomic mass is 32.1. The van der Waals surface area contributed by atoms with Crippen LogP contribution in [0.15, 0.2) is 0 Å². The van der Waals surface area contributed by atoms with Crippen LogP contribution < -0.4 is 5.32 Å². The van der Waals surface area contributed by atoms with Crippen LogP contribution in [0.2, 0.25) is 0 Å². The summed E-state index contributed by atoms with van der Waals surface area (Å²) in [6, 6.07) is 0. The van der Waals surface area contributed by atoms with Crippen LogP contribution in [-0.4, -0.2) is 19.3 Å². The van der Waals surface area contributed by atoms with Crippen LogP contribution >= 0.6 is 12.6 Å². The second-order valence-electron chi connectivity index (χ2n) is 5.29. The van der Waals surface area contributed by atoms with Gasteiger partial charge in [-0.25, -0.2) is 0 Å². The Labute approximate surface area is 128 Å². The van der Waals surface area contributed by atoms with Crippen molar-refractivity contribution in [3.05, 3.63) is 0 Å². The Bertz CT molecular complexity index is 114. The molecule has 0 fully saturated rings. The number of rotatable bonds is 14. The average Bonchev–Trinajstić information content (AvgIpc) is 2.46. The zero-order valence-electron chi connectivity index (χ0n) is 13.8. The van der Waals surface area contributed by atoms with E-state index in [9.17, 15) is 0 Å². The van der Waals surface area contributed by atoms with Crippen molar-refractivity contribution in [3.63, 3.8) is 0 Å². The van der Waals surface area contributed by atoms with E-state index in [0.29, 0.717) is 0 Å². The molecule has 0 spiro atoms. The van der Waals surface area contributed by atoms with Crippen LogP contribution in [-0.2, 0) is 0 Å². The third-order valence-electron chi connectivity index (χ3n) is 3.41. The quantitative estimate of drug-likeness (QED) is 0.302. The van der Waals surface area contributed by atoms with Crippen LogP contribution in [0.5, 0.6) is 0 Å². The van der Waals surface area contributed by atoms with Crippen LogP contribution in [0.4, 0.5) is 0 Å². The lowest BCUT2D eigenvalue weighted by molar-refractivity contribution is 0.540. The van der Waals surface area contributed by atoms with E-state index in [4.69, 9.17) is 0 Å². The molecule has 0 unspecified atom stereocenters. The highest BCUT2D eigenvalue weighted by Gasteiger charge is 1.92. The predicted molar refractivity (Wildman–Crippen MR) is 94.5 cm³/mol. The van der Waals surface area contributed by atoms with Crippen LogP contribution in [0, 0.1) is 0 Å². The molecular formula is C17H39NS. The Morgan fingerprint density at radius 3 is 1.37 bits per heavy atom. The van der Waals surface area contributed by atoms with E-state index in [0.717, 1.165) is 0 Å². The standard InChI is InChI=1S/C16H35N.CH4S/c1-3-5-7-8-9-10-11-12-13-14-16-17-15-6-4-2;1-2/h17H,3-16H2,1-2H3;2H,1H3. The zero-order valence-corrected chi connectivity index (χ0v) is 14.7. The molecule has 0 aliphatic rings. The van der Waals surface area contributed by atoms with E-state index < -0.39 is 0 Å². The van der Waals surface area contributed by atoms with Gasteiger partial charge in [0.1, 0.15) is 0 Å². The molecule has 0 aliphatic carbocycles. The third-order valence-corrected chi connectivity index (χ3v) is 3.41. The molecule has 118 valence electrons. The number of thiol groups is 1. The first-order valence-corrected chi connectivity index (χ1v) is 9.46. The Kier molecular flexibility index (Phi) is 26.6. The average molecular weight is 290 g/mol. The highest BCUT2D eigenvalue weighted by Crippen LogP contribution is 2.10. The summed E-state index contributed by atoms with van der Waals surface area (Å²) >= 11 is 3.53. The first-order valence-electron chi connectivity index (χ1n) is 8.57. The fourth-order valence-electron chi connectivity index (χ4n) is 2.16. The summed E-state index contributed by atoms with van der Waals surface area (Å²) in [5, 5.41) is 3.51. The monoisotopic (exact) mass is 289 g/mol. The van der Waals surface area contributed by atoms with Gasteiger partial charge in [-0.05, 0) is 32.2 Å². The lowest BCUT2D eigenvalue weighted by atomic mass is 10.1. The molecule has 0 saturated heterocycles. The maximum atomic E-state index is 3.53. The molecule has 0 rings (SSSR count). The molecular weight excluding hydrogens is 250 g/mol. The largest absolute Gasteiger partial charge is 0.317 e. The van der Waals surface area contributed by atoms with Crippen molar-refractivity contribution in [2.24, 2.45) is 0 Å². The van der Waals surface area contributed by atoms with Gasteiger partial charge in [-0.15, -0.1) is 0 Å². The van der Waals surface area contributed by atoms with Gasteiger partial charge in [-0.1, -0.05) is 78.1 Å². The maximum Gasteiger partial charge on any atom is -0.00489 e. The predicted octanol–water partition coefficient (Wildman–Crippen LogP) is 5.84. The number of hydrogen-bond acceptors (Lipinski definition) is 2. The molecule has 2 heteroatoms. The Morgan fingerprint density at radius 1 is 0.526 bits per heavy atom. The van der Waals surface area contributed by atoms with Gasteiger partial charge in [0.05, 0.1) is 0 Å². The molecule has 0 aromatic carbocycles. The fourth-order valence-corrected chi connectivity index (χ4v) is 2.16. The lowest BCUT2D eigenvalue weighted by Crippen LogP contribution is -2.16. The second kappa shape index (κ2) is 23.4. The number of hydrogen-bond donors (Lipinski definition) is 2. The van der Waals surface area contributed by atoms with Crippen molar-refractivity contribution < 1.29 is 0 Å². The molecule has 0 heterocycles. The summed E-state index contributed by atoms with van der Waals surface area (Å²) in [5.41, 5.74) is 0. The van der Waals surface area contributed by atoms with Crippen LogP contribution in [0.25, 0.3) is 0 Å². The van der Waals surface area contributed by atoms with E-state index in [1.54, 1.807) is 6.26 Å². The molecule has 0 aromatic heterocycles. The molecule has 0 amide bonds. The van der Waals surface area contributed by atoms with Crippen molar-refractivity contribution in [1.29, 1.82) is 0 Å². The van der Waals surface area contributed by atoms with E-state index in [1.807, 2.05) is 0 Å². The van der Waals surface area contributed by atoms with Crippen molar-refractivity contribution in [1.82, 2.24) is 5.32 Å². The minimum absolute atomic E-state index is 1.22. The highest BCUT2D eigenvalue weighted by molar-refractivity contribution is 7.79. The van der Waals surface area contributed by atoms with Crippen molar-refractivity contribution in [3.8, 4) is 0 Å². The molecule has 1 nitrogen and oxygen atoms in total. The van der Waals surface area contributed by atoms with E-state index in [1.165, 1.54) is 90.1 Å². The fraction of sp³-hybridized carbons (Fsp3) is 1.00. The summed E-state index contributed by atoms with van der Waals surface area (Å²) in [6.07, 6.45) is 18.7. The molecule has 19 heavy (non-hydrogen) atoms. The Hall–Kier alpha value is 0.310. The Balaban J connectivity index is 0. The smallest absolute Gasteiger partial charge is 0.00489 e. The SMILES string of the molecule is CCCCCCCCCCCCNCCCC.CS. The lowest BCUT2D eigenvalue weighted by Gasteiger charge is -2.04. The van der Waals surface area contributed by atoms with Crippen LogP contribution in [0.1, 0.15) is 90.9 Å². The normalized spacial score (nSPS) is 10.1. The minimum Gasteiger partial charge on any atom is -0.317 e. The molecule has 0 saturated carbocycles. The van der Waals surface area contributed by atoms with Crippen molar-refractivity contribution in [2.75, 3.05) is 19.3 Å². The molecule has 0 aliphatic heterocycles. The first kappa shape index (κ1) is 21.6. The maximum absolute atomic E-state index is 3.53. The summed E-state index contributed by atoms with van der Waals surface area (Å²) in [7, 11) is 0. The second-order valence-corrected chi connectivity index (χ2v) is 5.29. The van der Waals surface area contributed by atoms with Gasteiger partial charge >= 0.3 is 0 Å². The summed E-state index contributed by atoms with van der Waals surface area (Å²) in [6.45, 7) is 6.99. The minimum atomic E-state index is 1.22. The van der Waals surface area contributed by atoms with E-state index >= 15 is 0 Å². The van der Waals surface area contributed by atoms with Gasteiger partial charge in [0, 0.05) is 0 Å². The van der Waals surface area contributed by atoms with Gasteiger partial charge in [0.25, 0.3) is 0 Å². The summed E-state index contributed by atoms with van der Waals surface area (Å²) in [5.74, 6) is 0. The van der Waals surface area contributed by atoms with Gasteiger partial charge in [-0.2, -0.15) is 12.6 Å². The van der Waals surface area contributed by atoms with E-state index in [2.05, 4.69) is 31.8 Å². The van der Waals surface area contributed by atoms with Gasteiger partial charge in [0.2, 0.25) is 0 Å². The van der Waals surface area contributed by atoms with Gasteiger partial charge < -0.3 is 5.32 Å². The van der Waals surface area contributed by atoms with Gasteiger partial charge in [0.15, 0.2) is 0 Å². The zero-order chi connectivity index (χ0) is 14.6. The number of nitrogens with one attached hydrogen (secondary N) is 1. The molecule has 0 aromatic rings. The summed E-state index contributed by atoms with van der Waals surface area (Å²) in [4.78, 5) is 0. The molecule has 0 bridgehead atoms. The Morgan fingerprint density at radius 2 is 0.895 bits per heavy atom. The molecule has 0 radical (unpaired) electrons. The van der Waals surface area contributed by atoms with Crippen LogP contribution in [0.3, 0.4) is 0 Å². The van der Waals surface area contributed by atoms with E-state index in [-0.39, 0.29) is 0 Å². The van der Waals surface area contributed by atoms with Crippen molar-refractivity contribution in [2.45, 2.75) is 90.9 Å². The van der Waals surface area contributed by atoms with Crippen molar-refractivity contribution >= 4 is 12.6 Å². The molecule has 1 N–H and O–H groups in total.